The Morgan fingerprint density at radius 3 is 3.00 bits per heavy atom. The van der Waals surface area contributed by atoms with Crippen LogP contribution in [0.25, 0.3) is 0 Å². The summed E-state index contributed by atoms with van der Waals surface area (Å²) in [7, 11) is 0. The number of ether oxygens (including phenoxy) is 1. The number of nitrogens with zero attached hydrogens (tertiary/aromatic N) is 3. The molecule has 6 nitrogen and oxygen atoms in total. The summed E-state index contributed by atoms with van der Waals surface area (Å²) in [5.74, 6) is -0.269. The molecule has 0 spiro atoms. The molecule has 22 heavy (non-hydrogen) atoms. The second-order valence-corrected chi connectivity index (χ2v) is 5.81. The number of rotatable bonds is 4. The topological polar surface area (TPSA) is 66.8 Å². The van der Waals surface area contributed by atoms with Crippen LogP contribution in [0.3, 0.4) is 0 Å². The first-order valence-electron chi connectivity index (χ1n) is 6.99. The van der Waals surface area contributed by atoms with Crippen molar-refractivity contribution in [2.75, 3.05) is 31.2 Å². The van der Waals surface area contributed by atoms with Crippen molar-refractivity contribution in [1.82, 2.24) is 10.4 Å². The van der Waals surface area contributed by atoms with Gasteiger partial charge in [-0.25, -0.2) is 5.43 Å². The van der Waals surface area contributed by atoms with Gasteiger partial charge in [-0.05, 0) is 24.3 Å². The molecule has 2 aromatic heterocycles. The Morgan fingerprint density at radius 1 is 1.36 bits per heavy atom. The van der Waals surface area contributed by atoms with Gasteiger partial charge in [-0.1, -0.05) is 0 Å². The highest BCUT2D eigenvalue weighted by molar-refractivity contribution is 7.17. The number of thiophene rings is 1. The van der Waals surface area contributed by atoms with Gasteiger partial charge in [-0.3, -0.25) is 9.78 Å². The van der Waals surface area contributed by atoms with Crippen LogP contribution in [-0.4, -0.2) is 43.4 Å². The third-order valence-corrected chi connectivity index (χ3v) is 4.30. The molecule has 1 aliphatic rings. The smallest absolute Gasteiger partial charge is 0.272 e. The van der Waals surface area contributed by atoms with Gasteiger partial charge in [0.2, 0.25) is 0 Å². The van der Waals surface area contributed by atoms with Crippen LogP contribution in [0.5, 0.6) is 0 Å². The number of pyridine rings is 1. The van der Waals surface area contributed by atoms with Crippen molar-refractivity contribution in [3.63, 3.8) is 0 Å². The van der Waals surface area contributed by atoms with Crippen molar-refractivity contribution in [1.29, 1.82) is 0 Å². The molecule has 0 aliphatic carbocycles. The van der Waals surface area contributed by atoms with E-state index in [0.29, 0.717) is 5.56 Å². The Morgan fingerprint density at radius 2 is 2.23 bits per heavy atom. The first-order chi connectivity index (χ1) is 10.8. The van der Waals surface area contributed by atoms with Crippen molar-refractivity contribution in [3.05, 3.63) is 47.1 Å². The predicted octanol–water partition coefficient (Wildman–Crippen LogP) is 1.74. The average molecular weight is 316 g/mol. The fourth-order valence-corrected chi connectivity index (χ4v) is 3.01. The quantitative estimate of drug-likeness (QED) is 0.689. The molecule has 1 aliphatic heterocycles. The summed E-state index contributed by atoms with van der Waals surface area (Å²) in [6, 6.07) is 7.47. The maximum atomic E-state index is 11.8. The van der Waals surface area contributed by atoms with Crippen LogP contribution in [0.1, 0.15) is 15.2 Å². The zero-order valence-corrected chi connectivity index (χ0v) is 12.8. The summed E-state index contributed by atoms with van der Waals surface area (Å²) < 4.78 is 5.35. The Hall–Kier alpha value is -2.25. The molecule has 3 heterocycles. The zero-order valence-electron chi connectivity index (χ0n) is 11.9. The van der Waals surface area contributed by atoms with Crippen LogP contribution >= 0.6 is 11.3 Å². The van der Waals surface area contributed by atoms with E-state index in [1.165, 1.54) is 11.2 Å². The summed E-state index contributed by atoms with van der Waals surface area (Å²) in [6.45, 7) is 3.36. The van der Waals surface area contributed by atoms with E-state index in [1.54, 1.807) is 35.9 Å². The van der Waals surface area contributed by atoms with Crippen LogP contribution in [-0.2, 0) is 4.74 Å². The maximum absolute atomic E-state index is 11.8. The van der Waals surface area contributed by atoms with Crippen molar-refractivity contribution in [3.8, 4) is 0 Å². The average Bonchev–Trinajstić information content (AvgIpc) is 3.05. The lowest BCUT2D eigenvalue weighted by molar-refractivity contribution is 0.0955. The third kappa shape index (κ3) is 3.69. The molecular formula is C15H16N4O2S. The molecule has 1 N–H and O–H groups in total. The standard InChI is InChI=1S/C15H16N4O2S/c20-15(12-2-1-5-16-10-12)18-17-11-13-3-4-14(22-13)19-6-8-21-9-7-19/h1-5,10-11H,6-9H2,(H,18,20)/b17-11+. The fourth-order valence-electron chi connectivity index (χ4n) is 2.08. The molecule has 0 atom stereocenters. The summed E-state index contributed by atoms with van der Waals surface area (Å²) in [6.07, 6.45) is 4.79. The minimum absolute atomic E-state index is 0.269. The van der Waals surface area contributed by atoms with Crippen LogP contribution in [0.2, 0.25) is 0 Å². The molecule has 1 amide bonds. The van der Waals surface area contributed by atoms with Gasteiger partial charge in [0.15, 0.2) is 0 Å². The molecule has 1 saturated heterocycles. The first kappa shape index (κ1) is 14.7. The van der Waals surface area contributed by atoms with Gasteiger partial charge in [0.1, 0.15) is 0 Å². The molecule has 2 aromatic rings. The zero-order chi connectivity index (χ0) is 15.2. The fraction of sp³-hybridized carbons (Fsp3) is 0.267. The Balaban J connectivity index is 1.57. The van der Waals surface area contributed by atoms with Gasteiger partial charge in [-0.2, -0.15) is 5.10 Å². The molecule has 0 saturated carbocycles. The minimum atomic E-state index is -0.269. The third-order valence-electron chi connectivity index (χ3n) is 3.22. The van der Waals surface area contributed by atoms with Crippen molar-refractivity contribution < 1.29 is 9.53 Å². The number of hydrogen-bond donors (Lipinski definition) is 1. The van der Waals surface area contributed by atoms with Gasteiger partial charge in [0.25, 0.3) is 5.91 Å². The van der Waals surface area contributed by atoms with E-state index < -0.39 is 0 Å². The molecule has 0 bridgehead atoms. The highest BCUT2D eigenvalue weighted by atomic mass is 32.1. The Kier molecular flexibility index (Phi) is 4.77. The highest BCUT2D eigenvalue weighted by Gasteiger charge is 2.12. The summed E-state index contributed by atoms with van der Waals surface area (Å²) in [5, 5.41) is 5.19. The summed E-state index contributed by atoms with van der Waals surface area (Å²) in [5.41, 5.74) is 2.99. The second-order valence-electron chi connectivity index (χ2n) is 4.72. The number of amides is 1. The molecule has 0 radical (unpaired) electrons. The molecule has 114 valence electrons. The van der Waals surface area contributed by atoms with E-state index in [2.05, 4.69) is 26.5 Å². The second kappa shape index (κ2) is 7.15. The highest BCUT2D eigenvalue weighted by Crippen LogP contribution is 2.25. The molecule has 3 rings (SSSR count). The number of hydrazone groups is 1. The number of anilines is 1. The molecule has 0 aromatic carbocycles. The van der Waals surface area contributed by atoms with Crippen molar-refractivity contribution in [2.45, 2.75) is 0 Å². The van der Waals surface area contributed by atoms with E-state index in [1.807, 2.05) is 6.07 Å². The van der Waals surface area contributed by atoms with Crippen LogP contribution in [0, 0.1) is 0 Å². The van der Waals surface area contributed by atoms with Crippen LogP contribution < -0.4 is 10.3 Å². The SMILES string of the molecule is O=C(N/N=C/c1ccc(N2CCOCC2)s1)c1cccnc1. The van der Waals surface area contributed by atoms with Gasteiger partial charge in [0.05, 0.1) is 30.0 Å². The number of nitrogens with one attached hydrogen (secondary N) is 1. The van der Waals surface area contributed by atoms with E-state index >= 15 is 0 Å². The van der Waals surface area contributed by atoms with Gasteiger partial charge in [0, 0.05) is 30.4 Å². The van der Waals surface area contributed by atoms with Gasteiger partial charge in [-0.15, -0.1) is 11.3 Å². The lowest BCUT2D eigenvalue weighted by Crippen LogP contribution is -2.35. The predicted molar refractivity (Wildman–Crippen MR) is 86.6 cm³/mol. The van der Waals surface area contributed by atoms with E-state index in [4.69, 9.17) is 4.74 Å². The van der Waals surface area contributed by atoms with E-state index in [9.17, 15) is 4.79 Å². The van der Waals surface area contributed by atoms with E-state index in [-0.39, 0.29) is 5.91 Å². The lowest BCUT2D eigenvalue weighted by Gasteiger charge is -2.27. The molecule has 7 heteroatoms. The summed E-state index contributed by atoms with van der Waals surface area (Å²) in [4.78, 5) is 19.0. The number of morpholine rings is 1. The van der Waals surface area contributed by atoms with Crippen molar-refractivity contribution in [2.24, 2.45) is 5.10 Å². The number of aromatic nitrogens is 1. The normalized spacial score (nSPS) is 15.2. The number of carbonyl (C=O) groups excluding carboxylic acids is 1. The monoisotopic (exact) mass is 316 g/mol. The van der Waals surface area contributed by atoms with Crippen LogP contribution in [0.15, 0.2) is 41.8 Å². The van der Waals surface area contributed by atoms with E-state index in [0.717, 1.165) is 31.2 Å². The summed E-state index contributed by atoms with van der Waals surface area (Å²) >= 11 is 1.64. The van der Waals surface area contributed by atoms with Crippen LogP contribution in [0.4, 0.5) is 5.00 Å². The van der Waals surface area contributed by atoms with Gasteiger partial charge < -0.3 is 9.64 Å². The lowest BCUT2D eigenvalue weighted by atomic mass is 10.3. The van der Waals surface area contributed by atoms with Crippen molar-refractivity contribution >= 4 is 28.5 Å². The molecule has 0 unspecified atom stereocenters. The van der Waals surface area contributed by atoms with Gasteiger partial charge >= 0.3 is 0 Å². The minimum Gasteiger partial charge on any atom is -0.378 e. The maximum Gasteiger partial charge on any atom is 0.272 e. The number of carbonyl (C=O) groups is 1. The molecule has 1 fully saturated rings. The Labute approximate surface area is 132 Å². The molecular weight excluding hydrogens is 300 g/mol. The largest absolute Gasteiger partial charge is 0.378 e. The Bertz CT molecular complexity index is 651. The number of hydrogen-bond acceptors (Lipinski definition) is 6. The first-order valence-corrected chi connectivity index (χ1v) is 7.80.